The van der Waals surface area contributed by atoms with Crippen LogP contribution in [0.25, 0.3) is 0 Å². The monoisotopic (exact) mass is 287 g/mol. The van der Waals surface area contributed by atoms with Crippen molar-refractivity contribution in [3.63, 3.8) is 0 Å². The van der Waals surface area contributed by atoms with Crippen LogP contribution in [0.5, 0.6) is 0 Å². The van der Waals surface area contributed by atoms with E-state index >= 15 is 0 Å². The summed E-state index contributed by atoms with van der Waals surface area (Å²) in [6, 6.07) is 7.03. The van der Waals surface area contributed by atoms with E-state index in [0.717, 1.165) is 37.2 Å². The molecule has 0 radical (unpaired) electrons. The molecule has 0 N–H and O–H groups in total. The molecule has 3 rings (SSSR count). The predicted molar refractivity (Wildman–Crippen MR) is 76.3 cm³/mol. The van der Waals surface area contributed by atoms with Gasteiger partial charge in [-0.25, -0.2) is 14.3 Å². The number of aromatic nitrogens is 3. The Hall–Kier alpha value is -2.37. The molecular formula is C15H17N3O3. The number of esters is 1. The fraction of sp³-hybridized carbons (Fsp3) is 0.400. The quantitative estimate of drug-likeness (QED) is 0.796. The van der Waals surface area contributed by atoms with Gasteiger partial charge >= 0.3 is 11.7 Å². The average Bonchev–Trinajstić information content (AvgIpc) is 2.84. The van der Waals surface area contributed by atoms with Crippen molar-refractivity contribution in [2.45, 2.75) is 32.4 Å². The molecule has 1 aromatic carbocycles. The summed E-state index contributed by atoms with van der Waals surface area (Å²) < 4.78 is 7.91. The van der Waals surface area contributed by atoms with E-state index < -0.39 is 0 Å². The minimum atomic E-state index is -0.365. The van der Waals surface area contributed by atoms with Crippen molar-refractivity contribution >= 4 is 5.97 Å². The number of aryl methyl sites for hydroxylation is 1. The molecular weight excluding hydrogens is 270 g/mol. The van der Waals surface area contributed by atoms with E-state index in [2.05, 4.69) is 9.84 Å². The van der Waals surface area contributed by atoms with Crippen molar-refractivity contribution in [3.8, 4) is 0 Å². The summed E-state index contributed by atoms with van der Waals surface area (Å²) in [5.74, 6) is 0.508. The number of hydrogen-bond acceptors (Lipinski definition) is 4. The Morgan fingerprint density at radius 3 is 2.71 bits per heavy atom. The number of nitrogens with zero attached hydrogens (tertiary/aromatic N) is 3. The van der Waals surface area contributed by atoms with Gasteiger partial charge in [0, 0.05) is 13.0 Å². The van der Waals surface area contributed by atoms with Crippen LogP contribution < -0.4 is 5.69 Å². The van der Waals surface area contributed by atoms with Crippen LogP contribution in [0.4, 0.5) is 0 Å². The Morgan fingerprint density at radius 1 is 1.29 bits per heavy atom. The molecule has 0 saturated carbocycles. The molecule has 21 heavy (non-hydrogen) atoms. The molecule has 0 aliphatic carbocycles. The molecule has 0 saturated heterocycles. The maximum Gasteiger partial charge on any atom is 0.346 e. The van der Waals surface area contributed by atoms with Crippen molar-refractivity contribution in [2.24, 2.45) is 0 Å². The Labute approximate surface area is 122 Å². The first kappa shape index (κ1) is 13.6. The third kappa shape index (κ3) is 2.61. The van der Waals surface area contributed by atoms with Gasteiger partial charge in [-0.2, -0.15) is 5.10 Å². The van der Waals surface area contributed by atoms with E-state index in [0.29, 0.717) is 12.1 Å². The normalized spacial score (nSPS) is 13.8. The molecule has 0 bridgehead atoms. The number of fused-ring (bicyclic) bond motifs is 1. The van der Waals surface area contributed by atoms with E-state index in [-0.39, 0.29) is 11.7 Å². The lowest BCUT2D eigenvalue weighted by atomic mass is 10.1. The van der Waals surface area contributed by atoms with Crippen LogP contribution in [0, 0.1) is 0 Å². The molecule has 0 atom stereocenters. The van der Waals surface area contributed by atoms with Gasteiger partial charge in [0.15, 0.2) is 0 Å². The molecule has 1 aliphatic rings. The van der Waals surface area contributed by atoms with Gasteiger partial charge in [0.1, 0.15) is 5.82 Å². The number of carbonyl (C=O) groups is 1. The Bertz CT molecular complexity index is 713. The molecule has 110 valence electrons. The zero-order valence-corrected chi connectivity index (χ0v) is 11.9. The van der Waals surface area contributed by atoms with E-state index in [9.17, 15) is 9.59 Å². The largest absolute Gasteiger partial charge is 0.465 e. The maximum atomic E-state index is 12.2. The topological polar surface area (TPSA) is 66.1 Å². The van der Waals surface area contributed by atoms with Crippen LogP contribution in [0.3, 0.4) is 0 Å². The second-order valence-electron chi connectivity index (χ2n) is 5.15. The Kier molecular flexibility index (Phi) is 3.60. The van der Waals surface area contributed by atoms with Gasteiger partial charge in [0.25, 0.3) is 0 Å². The number of ether oxygens (including phenoxy) is 1. The molecule has 1 aliphatic heterocycles. The lowest BCUT2D eigenvalue weighted by Gasteiger charge is -2.09. The minimum absolute atomic E-state index is 0.0539. The first-order valence-electron chi connectivity index (χ1n) is 7.03. The van der Waals surface area contributed by atoms with Crippen LogP contribution in [-0.2, 0) is 24.2 Å². The fourth-order valence-corrected chi connectivity index (χ4v) is 2.59. The second-order valence-corrected chi connectivity index (χ2v) is 5.15. The number of hydrogen-bond donors (Lipinski definition) is 0. The fourth-order valence-electron chi connectivity index (χ4n) is 2.59. The van der Waals surface area contributed by atoms with Crippen molar-refractivity contribution in [1.29, 1.82) is 0 Å². The molecule has 2 aromatic rings. The summed E-state index contributed by atoms with van der Waals surface area (Å²) in [5.41, 5.74) is 1.37. The van der Waals surface area contributed by atoms with Crippen molar-refractivity contribution in [2.75, 3.05) is 7.11 Å². The zero-order chi connectivity index (χ0) is 14.8. The lowest BCUT2D eigenvalue weighted by Crippen LogP contribution is -2.27. The van der Waals surface area contributed by atoms with Gasteiger partial charge in [-0.3, -0.25) is 4.57 Å². The van der Waals surface area contributed by atoms with Crippen molar-refractivity contribution < 1.29 is 9.53 Å². The minimum Gasteiger partial charge on any atom is -0.465 e. The van der Waals surface area contributed by atoms with Crippen LogP contribution >= 0.6 is 0 Å². The molecule has 1 aromatic heterocycles. The lowest BCUT2D eigenvalue weighted by molar-refractivity contribution is 0.0600. The number of rotatable bonds is 3. The predicted octanol–water partition coefficient (Wildman–Crippen LogP) is 1.22. The Morgan fingerprint density at radius 2 is 2.05 bits per heavy atom. The van der Waals surface area contributed by atoms with Crippen LogP contribution in [-0.4, -0.2) is 27.4 Å². The highest BCUT2D eigenvalue weighted by atomic mass is 16.5. The van der Waals surface area contributed by atoms with Gasteiger partial charge in [-0.15, -0.1) is 0 Å². The van der Waals surface area contributed by atoms with Gasteiger partial charge in [-0.1, -0.05) is 12.1 Å². The average molecular weight is 287 g/mol. The highest BCUT2D eigenvalue weighted by molar-refractivity contribution is 5.89. The van der Waals surface area contributed by atoms with E-state index in [1.807, 2.05) is 12.1 Å². The molecule has 0 fully saturated rings. The summed E-state index contributed by atoms with van der Waals surface area (Å²) >= 11 is 0. The molecule has 2 heterocycles. The van der Waals surface area contributed by atoms with E-state index in [4.69, 9.17) is 0 Å². The first-order valence-corrected chi connectivity index (χ1v) is 7.03. The summed E-state index contributed by atoms with van der Waals surface area (Å²) in [6.45, 7) is 1.18. The third-order valence-corrected chi connectivity index (χ3v) is 3.74. The first-order chi connectivity index (χ1) is 10.2. The van der Waals surface area contributed by atoms with Gasteiger partial charge in [0.05, 0.1) is 19.2 Å². The van der Waals surface area contributed by atoms with E-state index in [1.54, 1.807) is 16.7 Å². The van der Waals surface area contributed by atoms with Crippen molar-refractivity contribution in [3.05, 3.63) is 51.7 Å². The number of methoxy groups -OCH3 is 1. The van der Waals surface area contributed by atoms with E-state index in [1.165, 1.54) is 11.8 Å². The smallest absolute Gasteiger partial charge is 0.346 e. The maximum absolute atomic E-state index is 12.2. The van der Waals surface area contributed by atoms with Crippen LogP contribution in [0.15, 0.2) is 29.1 Å². The van der Waals surface area contributed by atoms with Gasteiger partial charge in [-0.05, 0) is 30.5 Å². The SMILES string of the molecule is COC(=O)c1ccc(Cn2nc3n(c2=O)CCCC3)cc1. The van der Waals surface area contributed by atoms with Gasteiger partial charge < -0.3 is 4.74 Å². The van der Waals surface area contributed by atoms with Gasteiger partial charge in [0.2, 0.25) is 0 Å². The number of benzene rings is 1. The molecule has 6 nitrogen and oxygen atoms in total. The molecule has 0 amide bonds. The molecule has 0 unspecified atom stereocenters. The Balaban J connectivity index is 1.82. The molecule has 0 spiro atoms. The summed E-state index contributed by atoms with van der Waals surface area (Å²) in [5, 5.41) is 4.39. The van der Waals surface area contributed by atoms with Crippen molar-refractivity contribution in [1.82, 2.24) is 14.3 Å². The second kappa shape index (κ2) is 5.55. The number of carbonyl (C=O) groups excluding carboxylic acids is 1. The van der Waals surface area contributed by atoms with Crippen LogP contribution in [0.2, 0.25) is 0 Å². The summed E-state index contributed by atoms with van der Waals surface area (Å²) in [4.78, 5) is 23.6. The molecule has 6 heteroatoms. The highest BCUT2D eigenvalue weighted by Crippen LogP contribution is 2.11. The highest BCUT2D eigenvalue weighted by Gasteiger charge is 2.16. The summed E-state index contributed by atoms with van der Waals surface area (Å²) in [6.07, 6.45) is 2.99. The zero-order valence-electron chi connectivity index (χ0n) is 11.9. The third-order valence-electron chi connectivity index (χ3n) is 3.74. The summed E-state index contributed by atoms with van der Waals surface area (Å²) in [7, 11) is 1.35. The standard InChI is InChI=1S/C15H17N3O3/c1-21-14(19)12-7-5-11(6-8-12)10-18-15(20)17-9-3-2-4-13(17)16-18/h5-8H,2-4,9-10H2,1H3. The van der Waals surface area contributed by atoms with Crippen LogP contribution in [0.1, 0.15) is 34.6 Å².